The summed E-state index contributed by atoms with van der Waals surface area (Å²) in [4.78, 5) is 0. The quantitative estimate of drug-likeness (QED) is 0.905. The molecule has 0 aromatic heterocycles. The van der Waals surface area contributed by atoms with Crippen LogP contribution in [0.25, 0.3) is 0 Å². The summed E-state index contributed by atoms with van der Waals surface area (Å²) in [7, 11) is 0. The summed E-state index contributed by atoms with van der Waals surface area (Å²) in [6.45, 7) is 2.45. The van der Waals surface area contributed by atoms with Crippen molar-refractivity contribution in [2.24, 2.45) is 0 Å². The van der Waals surface area contributed by atoms with Crippen molar-refractivity contribution in [3.05, 3.63) is 71.0 Å². The van der Waals surface area contributed by atoms with Gasteiger partial charge in [-0.2, -0.15) is 5.26 Å². The van der Waals surface area contributed by atoms with E-state index in [1.807, 2.05) is 31.2 Å². The Bertz CT molecular complexity index is 602. The highest BCUT2D eigenvalue weighted by atomic mass is 19.1. The molecule has 0 spiro atoms. The smallest absolute Gasteiger partial charge is 0.127 e. The Kier molecular flexibility index (Phi) is 4.27. The standard InChI is InChI=1S/C16H15FN2/c1-12(15-8-4-5-9-16(15)17)19-11-14-7-3-2-6-13(14)10-18/h2-9,12,19H,11H2,1H3/t12-/m0/s1. The van der Waals surface area contributed by atoms with Gasteiger partial charge in [0.2, 0.25) is 0 Å². The number of hydrogen-bond acceptors (Lipinski definition) is 2. The van der Waals surface area contributed by atoms with Crippen molar-refractivity contribution in [1.29, 1.82) is 5.26 Å². The second kappa shape index (κ2) is 6.12. The minimum atomic E-state index is -0.212. The predicted molar refractivity (Wildman–Crippen MR) is 72.8 cm³/mol. The first kappa shape index (κ1) is 13.3. The fraction of sp³-hybridized carbons (Fsp3) is 0.188. The lowest BCUT2D eigenvalue weighted by atomic mass is 10.1. The van der Waals surface area contributed by atoms with Crippen LogP contribution in [-0.2, 0) is 6.54 Å². The van der Waals surface area contributed by atoms with Crippen molar-refractivity contribution in [2.75, 3.05) is 0 Å². The van der Waals surface area contributed by atoms with E-state index >= 15 is 0 Å². The summed E-state index contributed by atoms with van der Waals surface area (Å²) in [6, 6.07) is 16.2. The van der Waals surface area contributed by atoms with E-state index in [0.717, 1.165) is 5.56 Å². The fourth-order valence-corrected chi connectivity index (χ4v) is 1.98. The Balaban J connectivity index is 2.07. The van der Waals surface area contributed by atoms with E-state index in [0.29, 0.717) is 17.7 Å². The molecule has 1 atom stereocenters. The third kappa shape index (κ3) is 3.18. The largest absolute Gasteiger partial charge is 0.306 e. The van der Waals surface area contributed by atoms with E-state index in [4.69, 9.17) is 5.26 Å². The minimum absolute atomic E-state index is 0.104. The number of halogens is 1. The Hall–Kier alpha value is -2.18. The number of nitriles is 1. The van der Waals surface area contributed by atoms with Crippen molar-refractivity contribution in [3.8, 4) is 6.07 Å². The van der Waals surface area contributed by atoms with Gasteiger partial charge in [-0.15, -0.1) is 0 Å². The summed E-state index contributed by atoms with van der Waals surface area (Å²) in [5, 5.41) is 12.2. The zero-order valence-electron chi connectivity index (χ0n) is 10.7. The molecular formula is C16H15FN2. The summed E-state index contributed by atoms with van der Waals surface area (Å²) >= 11 is 0. The molecule has 0 fully saturated rings. The first-order valence-corrected chi connectivity index (χ1v) is 6.18. The summed E-state index contributed by atoms with van der Waals surface area (Å²) < 4.78 is 13.6. The van der Waals surface area contributed by atoms with E-state index < -0.39 is 0 Å². The first-order valence-electron chi connectivity index (χ1n) is 6.18. The molecule has 2 rings (SSSR count). The SMILES string of the molecule is C[C@H](NCc1ccccc1C#N)c1ccccc1F. The van der Waals surface area contributed by atoms with Crippen LogP contribution >= 0.6 is 0 Å². The summed E-state index contributed by atoms with van der Waals surface area (Å²) in [6.07, 6.45) is 0. The fourth-order valence-electron chi connectivity index (χ4n) is 1.98. The van der Waals surface area contributed by atoms with Crippen LogP contribution in [0.4, 0.5) is 4.39 Å². The maximum Gasteiger partial charge on any atom is 0.127 e. The van der Waals surface area contributed by atoms with Crippen molar-refractivity contribution < 1.29 is 4.39 Å². The van der Waals surface area contributed by atoms with Crippen LogP contribution in [0.1, 0.15) is 29.7 Å². The van der Waals surface area contributed by atoms with Gasteiger partial charge < -0.3 is 5.32 Å². The van der Waals surface area contributed by atoms with Gasteiger partial charge in [-0.05, 0) is 24.6 Å². The van der Waals surface area contributed by atoms with Crippen molar-refractivity contribution in [3.63, 3.8) is 0 Å². The molecule has 0 radical (unpaired) electrons. The van der Waals surface area contributed by atoms with Gasteiger partial charge in [-0.25, -0.2) is 4.39 Å². The lowest BCUT2D eigenvalue weighted by Gasteiger charge is -2.15. The van der Waals surface area contributed by atoms with Gasteiger partial charge in [-0.1, -0.05) is 36.4 Å². The molecule has 0 heterocycles. The highest BCUT2D eigenvalue weighted by Gasteiger charge is 2.10. The molecule has 2 nitrogen and oxygen atoms in total. The van der Waals surface area contributed by atoms with Gasteiger partial charge in [0, 0.05) is 18.2 Å². The second-order valence-corrected chi connectivity index (χ2v) is 4.39. The van der Waals surface area contributed by atoms with Crippen LogP contribution < -0.4 is 5.32 Å². The molecule has 0 aliphatic carbocycles. The molecule has 19 heavy (non-hydrogen) atoms. The molecule has 3 heteroatoms. The average molecular weight is 254 g/mol. The van der Waals surface area contributed by atoms with E-state index in [1.54, 1.807) is 18.2 Å². The van der Waals surface area contributed by atoms with Gasteiger partial charge in [0.05, 0.1) is 11.6 Å². The van der Waals surface area contributed by atoms with Crippen molar-refractivity contribution in [2.45, 2.75) is 19.5 Å². The molecule has 1 N–H and O–H groups in total. The summed E-state index contributed by atoms with van der Waals surface area (Å²) in [5.41, 5.74) is 2.21. The van der Waals surface area contributed by atoms with Crippen LogP contribution in [0.2, 0.25) is 0 Å². The maximum absolute atomic E-state index is 13.6. The molecule has 0 aliphatic rings. The Morgan fingerprint density at radius 1 is 1.16 bits per heavy atom. The van der Waals surface area contributed by atoms with Crippen molar-refractivity contribution in [1.82, 2.24) is 5.32 Å². The van der Waals surface area contributed by atoms with Crippen LogP contribution in [0, 0.1) is 17.1 Å². The molecule has 0 saturated carbocycles. The minimum Gasteiger partial charge on any atom is -0.306 e. The van der Waals surface area contributed by atoms with Gasteiger partial charge >= 0.3 is 0 Å². The Morgan fingerprint density at radius 3 is 2.58 bits per heavy atom. The molecule has 2 aromatic rings. The number of nitrogens with zero attached hydrogens (tertiary/aromatic N) is 1. The lowest BCUT2D eigenvalue weighted by Crippen LogP contribution is -2.19. The average Bonchev–Trinajstić information content (AvgIpc) is 2.45. The normalized spacial score (nSPS) is 11.8. The molecule has 0 amide bonds. The molecule has 0 unspecified atom stereocenters. The van der Waals surface area contributed by atoms with Gasteiger partial charge in [0.1, 0.15) is 5.82 Å². The second-order valence-electron chi connectivity index (χ2n) is 4.39. The van der Waals surface area contributed by atoms with Gasteiger partial charge in [0.25, 0.3) is 0 Å². The van der Waals surface area contributed by atoms with Crippen LogP contribution in [0.15, 0.2) is 48.5 Å². The number of benzene rings is 2. The number of nitrogens with one attached hydrogen (secondary N) is 1. The Morgan fingerprint density at radius 2 is 1.84 bits per heavy atom. The van der Waals surface area contributed by atoms with Crippen LogP contribution in [0.3, 0.4) is 0 Å². The van der Waals surface area contributed by atoms with E-state index in [2.05, 4.69) is 11.4 Å². The monoisotopic (exact) mass is 254 g/mol. The molecule has 0 aliphatic heterocycles. The molecular weight excluding hydrogens is 239 g/mol. The zero-order chi connectivity index (χ0) is 13.7. The Labute approximate surface area is 112 Å². The maximum atomic E-state index is 13.6. The predicted octanol–water partition coefficient (Wildman–Crippen LogP) is 3.55. The molecule has 2 aromatic carbocycles. The van der Waals surface area contributed by atoms with Crippen LogP contribution in [-0.4, -0.2) is 0 Å². The van der Waals surface area contributed by atoms with Crippen LogP contribution in [0.5, 0.6) is 0 Å². The highest BCUT2D eigenvalue weighted by Crippen LogP contribution is 2.17. The topological polar surface area (TPSA) is 35.8 Å². The third-order valence-corrected chi connectivity index (χ3v) is 3.11. The van der Waals surface area contributed by atoms with Gasteiger partial charge in [0.15, 0.2) is 0 Å². The van der Waals surface area contributed by atoms with Gasteiger partial charge in [-0.3, -0.25) is 0 Å². The summed E-state index contributed by atoms with van der Waals surface area (Å²) in [5.74, 6) is -0.212. The molecule has 0 saturated heterocycles. The molecule has 0 bridgehead atoms. The number of rotatable bonds is 4. The molecule has 96 valence electrons. The van der Waals surface area contributed by atoms with E-state index in [-0.39, 0.29) is 11.9 Å². The van der Waals surface area contributed by atoms with Crippen molar-refractivity contribution >= 4 is 0 Å². The van der Waals surface area contributed by atoms with E-state index in [9.17, 15) is 4.39 Å². The first-order chi connectivity index (χ1) is 9.22. The third-order valence-electron chi connectivity index (χ3n) is 3.11. The van der Waals surface area contributed by atoms with E-state index in [1.165, 1.54) is 6.07 Å². The lowest BCUT2D eigenvalue weighted by molar-refractivity contribution is 0.528. The highest BCUT2D eigenvalue weighted by molar-refractivity contribution is 5.37. The number of hydrogen-bond donors (Lipinski definition) is 1. The zero-order valence-corrected chi connectivity index (χ0v) is 10.7.